The van der Waals surface area contributed by atoms with E-state index in [2.05, 4.69) is 22.5 Å². The number of rotatable bonds is 6. The number of aromatic nitrogens is 1. The van der Waals surface area contributed by atoms with Crippen molar-refractivity contribution in [2.24, 2.45) is 5.41 Å². The molecular weight excluding hydrogens is 286 g/mol. The zero-order valence-corrected chi connectivity index (χ0v) is 13.6. The number of nitrogens with one attached hydrogen (secondary N) is 2. The number of halogens is 1. The summed E-state index contributed by atoms with van der Waals surface area (Å²) in [6, 6.07) is 1.68. The molecular formula is C16H24ClN3O. The average Bonchev–Trinajstić information content (AvgIpc) is 2.96. The number of anilines is 1. The number of nitrogens with zero attached hydrogens (tertiary/aromatic N) is 1. The SMILES string of the molecule is CCNc1ncc(C(=O)NCC2(CC)CCCC2)cc1Cl. The molecule has 1 fully saturated rings. The average molecular weight is 310 g/mol. The first kappa shape index (κ1) is 16.1. The highest BCUT2D eigenvalue weighted by atomic mass is 35.5. The minimum absolute atomic E-state index is 0.0906. The summed E-state index contributed by atoms with van der Waals surface area (Å²) in [5, 5.41) is 6.59. The van der Waals surface area contributed by atoms with Gasteiger partial charge in [0, 0.05) is 19.3 Å². The lowest BCUT2D eigenvalue weighted by Crippen LogP contribution is -2.35. The van der Waals surface area contributed by atoms with Gasteiger partial charge < -0.3 is 10.6 Å². The van der Waals surface area contributed by atoms with E-state index in [0.717, 1.165) is 19.5 Å². The van der Waals surface area contributed by atoms with Crippen molar-refractivity contribution in [3.63, 3.8) is 0 Å². The van der Waals surface area contributed by atoms with Crippen molar-refractivity contribution in [1.82, 2.24) is 10.3 Å². The van der Waals surface area contributed by atoms with Gasteiger partial charge in [-0.2, -0.15) is 0 Å². The van der Waals surface area contributed by atoms with Gasteiger partial charge in [0.25, 0.3) is 5.91 Å². The lowest BCUT2D eigenvalue weighted by molar-refractivity contribution is 0.0928. The Balaban J connectivity index is 1.98. The monoisotopic (exact) mass is 309 g/mol. The Bertz CT molecular complexity index is 498. The molecule has 0 radical (unpaired) electrons. The highest BCUT2D eigenvalue weighted by Crippen LogP contribution is 2.40. The molecule has 21 heavy (non-hydrogen) atoms. The Morgan fingerprint density at radius 3 is 2.67 bits per heavy atom. The van der Waals surface area contributed by atoms with Gasteiger partial charge in [-0.15, -0.1) is 0 Å². The Morgan fingerprint density at radius 1 is 1.38 bits per heavy atom. The van der Waals surface area contributed by atoms with E-state index in [-0.39, 0.29) is 11.3 Å². The molecule has 4 nitrogen and oxygen atoms in total. The molecule has 5 heteroatoms. The van der Waals surface area contributed by atoms with Crippen LogP contribution in [0.4, 0.5) is 5.82 Å². The highest BCUT2D eigenvalue weighted by Gasteiger charge is 2.32. The fourth-order valence-corrected chi connectivity index (χ4v) is 3.24. The number of hydrogen-bond donors (Lipinski definition) is 2. The Morgan fingerprint density at radius 2 is 2.10 bits per heavy atom. The molecule has 0 atom stereocenters. The molecule has 1 aromatic heterocycles. The third kappa shape index (κ3) is 3.88. The Labute approximate surface area is 131 Å². The zero-order valence-electron chi connectivity index (χ0n) is 12.8. The molecule has 1 saturated carbocycles. The molecule has 1 heterocycles. The van der Waals surface area contributed by atoms with E-state index >= 15 is 0 Å². The van der Waals surface area contributed by atoms with Crippen molar-refractivity contribution >= 4 is 23.3 Å². The van der Waals surface area contributed by atoms with Gasteiger partial charge in [-0.25, -0.2) is 4.98 Å². The summed E-state index contributed by atoms with van der Waals surface area (Å²) in [4.78, 5) is 16.5. The van der Waals surface area contributed by atoms with Gasteiger partial charge in [0.2, 0.25) is 0 Å². The first-order valence-corrected chi connectivity index (χ1v) is 8.15. The molecule has 0 spiro atoms. The van der Waals surface area contributed by atoms with Crippen LogP contribution < -0.4 is 10.6 Å². The molecule has 1 aliphatic rings. The van der Waals surface area contributed by atoms with Crippen LogP contribution in [-0.4, -0.2) is 24.0 Å². The van der Waals surface area contributed by atoms with Crippen molar-refractivity contribution in [3.8, 4) is 0 Å². The Kier molecular flexibility index (Phi) is 5.45. The van der Waals surface area contributed by atoms with Crippen LogP contribution in [0.5, 0.6) is 0 Å². The van der Waals surface area contributed by atoms with Gasteiger partial charge in [-0.1, -0.05) is 31.4 Å². The second-order valence-electron chi connectivity index (χ2n) is 5.83. The fourth-order valence-electron chi connectivity index (χ4n) is 3.01. The van der Waals surface area contributed by atoms with Crippen LogP contribution in [0.25, 0.3) is 0 Å². The summed E-state index contributed by atoms with van der Waals surface area (Å²) in [5.74, 6) is 0.531. The molecule has 1 aromatic rings. The first-order valence-electron chi connectivity index (χ1n) is 7.78. The maximum absolute atomic E-state index is 12.3. The van der Waals surface area contributed by atoms with E-state index in [9.17, 15) is 4.79 Å². The van der Waals surface area contributed by atoms with E-state index in [4.69, 9.17) is 11.6 Å². The van der Waals surface area contributed by atoms with Crippen LogP contribution in [0.2, 0.25) is 5.02 Å². The molecule has 116 valence electrons. The van der Waals surface area contributed by atoms with Crippen LogP contribution in [0.1, 0.15) is 56.3 Å². The Hall–Kier alpha value is -1.29. The first-order chi connectivity index (χ1) is 10.1. The van der Waals surface area contributed by atoms with E-state index in [0.29, 0.717) is 16.4 Å². The molecule has 0 bridgehead atoms. The van der Waals surface area contributed by atoms with Crippen LogP contribution in [0, 0.1) is 5.41 Å². The minimum Gasteiger partial charge on any atom is -0.369 e. The molecule has 2 N–H and O–H groups in total. The van der Waals surface area contributed by atoms with Crippen LogP contribution >= 0.6 is 11.6 Å². The smallest absolute Gasteiger partial charge is 0.252 e. The van der Waals surface area contributed by atoms with E-state index in [1.54, 1.807) is 12.3 Å². The summed E-state index contributed by atoms with van der Waals surface area (Å²) in [6.07, 6.45) is 7.66. The van der Waals surface area contributed by atoms with Gasteiger partial charge in [0.15, 0.2) is 0 Å². The number of amides is 1. The number of hydrogen-bond acceptors (Lipinski definition) is 3. The van der Waals surface area contributed by atoms with Crippen molar-refractivity contribution in [1.29, 1.82) is 0 Å². The van der Waals surface area contributed by atoms with E-state index in [1.165, 1.54) is 25.7 Å². The molecule has 2 rings (SSSR count). The second kappa shape index (κ2) is 7.12. The lowest BCUT2D eigenvalue weighted by Gasteiger charge is -2.27. The van der Waals surface area contributed by atoms with Crippen LogP contribution in [0.15, 0.2) is 12.3 Å². The van der Waals surface area contributed by atoms with Crippen molar-refractivity contribution in [2.75, 3.05) is 18.4 Å². The third-order valence-electron chi connectivity index (χ3n) is 4.49. The van der Waals surface area contributed by atoms with Gasteiger partial charge >= 0.3 is 0 Å². The van der Waals surface area contributed by atoms with Crippen molar-refractivity contribution < 1.29 is 4.79 Å². The predicted octanol–water partition coefficient (Wildman–Crippen LogP) is 3.87. The zero-order chi connectivity index (χ0) is 15.3. The number of carbonyl (C=O) groups excluding carboxylic acids is 1. The highest BCUT2D eigenvalue weighted by molar-refractivity contribution is 6.33. The minimum atomic E-state index is -0.0906. The summed E-state index contributed by atoms with van der Waals surface area (Å²) >= 11 is 6.13. The van der Waals surface area contributed by atoms with Gasteiger partial charge in [0.05, 0.1) is 10.6 Å². The number of carbonyl (C=O) groups is 1. The van der Waals surface area contributed by atoms with Gasteiger partial charge in [-0.05, 0) is 37.7 Å². The summed E-state index contributed by atoms with van der Waals surface area (Å²) in [5.41, 5.74) is 0.808. The maximum atomic E-state index is 12.3. The van der Waals surface area contributed by atoms with E-state index < -0.39 is 0 Å². The molecule has 0 aliphatic heterocycles. The number of pyridine rings is 1. The standard InChI is InChI=1S/C16H24ClN3O/c1-3-16(7-5-6-8-16)11-20-15(21)12-9-13(17)14(18-4-2)19-10-12/h9-10H,3-8,11H2,1-2H3,(H,18,19)(H,20,21). The quantitative estimate of drug-likeness (QED) is 0.838. The third-order valence-corrected chi connectivity index (χ3v) is 4.77. The van der Waals surface area contributed by atoms with Crippen LogP contribution in [-0.2, 0) is 0 Å². The second-order valence-corrected chi connectivity index (χ2v) is 6.24. The van der Waals surface area contributed by atoms with Crippen molar-refractivity contribution in [3.05, 3.63) is 22.8 Å². The molecule has 0 saturated heterocycles. The fraction of sp³-hybridized carbons (Fsp3) is 0.625. The molecule has 1 aliphatic carbocycles. The summed E-state index contributed by atoms with van der Waals surface area (Å²) < 4.78 is 0. The van der Waals surface area contributed by atoms with Gasteiger partial charge in [0.1, 0.15) is 5.82 Å². The lowest BCUT2D eigenvalue weighted by atomic mass is 9.83. The van der Waals surface area contributed by atoms with Gasteiger partial charge in [-0.3, -0.25) is 4.79 Å². The van der Waals surface area contributed by atoms with Crippen molar-refractivity contribution in [2.45, 2.75) is 46.0 Å². The predicted molar refractivity (Wildman–Crippen MR) is 86.9 cm³/mol. The normalized spacial score (nSPS) is 16.7. The topological polar surface area (TPSA) is 54.0 Å². The summed E-state index contributed by atoms with van der Waals surface area (Å²) in [6.45, 7) is 5.68. The summed E-state index contributed by atoms with van der Waals surface area (Å²) in [7, 11) is 0. The molecule has 0 aromatic carbocycles. The molecule has 0 unspecified atom stereocenters. The van der Waals surface area contributed by atoms with E-state index in [1.807, 2.05) is 6.92 Å². The maximum Gasteiger partial charge on any atom is 0.252 e. The molecule has 1 amide bonds. The van der Waals surface area contributed by atoms with Crippen LogP contribution in [0.3, 0.4) is 0 Å². The largest absolute Gasteiger partial charge is 0.369 e.